The Morgan fingerprint density at radius 3 is 2.76 bits per heavy atom. The van der Waals surface area contributed by atoms with Gasteiger partial charge in [0.25, 0.3) is 5.56 Å². The molecular weight excluding hydrogens is 470 g/mol. The van der Waals surface area contributed by atoms with Gasteiger partial charge in [0.05, 0.1) is 21.8 Å². The van der Waals surface area contributed by atoms with Crippen molar-refractivity contribution in [1.82, 2.24) is 9.55 Å². The lowest BCUT2D eigenvalue weighted by molar-refractivity contribution is -0.115. The van der Waals surface area contributed by atoms with Gasteiger partial charge in [-0.1, -0.05) is 46.7 Å². The van der Waals surface area contributed by atoms with Crippen molar-refractivity contribution < 1.29 is 4.79 Å². The average molecular weight is 492 g/mol. The number of aromatic nitrogens is 2. The van der Waals surface area contributed by atoms with Gasteiger partial charge in [-0.15, -0.1) is 11.8 Å². The molecule has 0 aliphatic rings. The summed E-state index contributed by atoms with van der Waals surface area (Å²) >= 11 is 6.30. The first-order chi connectivity index (χ1) is 13.9. The van der Waals surface area contributed by atoms with Crippen molar-refractivity contribution in [2.45, 2.75) is 42.1 Å². The molecule has 3 aromatic rings. The van der Waals surface area contributed by atoms with E-state index in [1.165, 1.54) is 11.8 Å². The summed E-state index contributed by atoms with van der Waals surface area (Å²) in [5.41, 5.74) is 1.34. The Hall–Kier alpha value is -1.77. The van der Waals surface area contributed by atoms with Crippen molar-refractivity contribution in [1.29, 1.82) is 0 Å². The second-order valence-corrected chi connectivity index (χ2v) is 9.53. The number of thioether (sulfide) groups is 2. The predicted molar refractivity (Wildman–Crippen MR) is 126 cm³/mol. The van der Waals surface area contributed by atoms with Crippen LogP contribution in [0.3, 0.4) is 0 Å². The van der Waals surface area contributed by atoms with Gasteiger partial charge in [-0.05, 0) is 49.9 Å². The number of para-hydroxylation sites is 1. The van der Waals surface area contributed by atoms with E-state index in [0.717, 1.165) is 21.5 Å². The van der Waals surface area contributed by atoms with Gasteiger partial charge in [0.2, 0.25) is 5.91 Å². The first-order valence-electron chi connectivity index (χ1n) is 9.25. The molecule has 0 spiro atoms. The van der Waals surface area contributed by atoms with Gasteiger partial charge in [-0.3, -0.25) is 14.2 Å². The summed E-state index contributed by atoms with van der Waals surface area (Å²) in [6, 6.07) is 13.2. The molecule has 0 bridgehead atoms. The molecule has 1 aromatic heterocycles. The van der Waals surface area contributed by atoms with E-state index in [-0.39, 0.29) is 11.5 Å². The average Bonchev–Trinajstić information content (AvgIpc) is 2.71. The van der Waals surface area contributed by atoms with Crippen molar-refractivity contribution in [3.05, 3.63) is 57.3 Å². The Labute approximate surface area is 186 Å². The summed E-state index contributed by atoms with van der Waals surface area (Å²) < 4.78 is 2.51. The molecule has 1 atom stereocenters. The molecule has 0 saturated carbocycles. The molecule has 8 heteroatoms. The topological polar surface area (TPSA) is 64.0 Å². The Morgan fingerprint density at radius 1 is 1.28 bits per heavy atom. The van der Waals surface area contributed by atoms with Crippen molar-refractivity contribution in [2.75, 3.05) is 11.6 Å². The molecule has 0 aliphatic heterocycles. The minimum absolute atomic E-state index is 0.0824. The molecule has 2 aromatic carbocycles. The fourth-order valence-corrected chi connectivity index (χ4v) is 4.73. The number of rotatable bonds is 7. The van der Waals surface area contributed by atoms with Crippen molar-refractivity contribution in [3.63, 3.8) is 0 Å². The number of nitrogens with one attached hydrogen (secondary N) is 1. The molecule has 152 valence electrons. The minimum Gasteiger partial charge on any atom is -0.324 e. The van der Waals surface area contributed by atoms with Crippen LogP contribution in [0.1, 0.15) is 20.3 Å². The van der Waals surface area contributed by atoms with Gasteiger partial charge in [0.1, 0.15) is 0 Å². The van der Waals surface area contributed by atoms with Crippen molar-refractivity contribution in [2.24, 2.45) is 0 Å². The highest BCUT2D eigenvalue weighted by Gasteiger charge is 2.20. The summed E-state index contributed by atoms with van der Waals surface area (Å²) in [4.78, 5) is 31.5. The zero-order valence-electron chi connectivity index (χ0n) is 16.4. The summed E-state index contributed by atoms with van der Waals surface area (Å²) in [6.07, 6.45) is 2.78. The number of anilines is 1. The maximum absolute atomic E-state index is 13.0. The second kappa shape index (κ2) is 9.82. The molecule has 0 fully saturated rings. The van der Waals surface area contributed by atoms with E-state index in [4.69, 9.17) is 0 Å². The van der Waals surface area contributed by atoms with E-state index in [9.17, 15) is 9.59 Å². The third-order valence-corrected chi connectivity index (χ3v) is 6.72. The Bertz CT molecular complexity index is 1100. The maximum atomic E-state index is 13.0. The zero-order valence-corrected chi connectivity index (χ0v) is 19.7. The summed E-state index contributed by atoms with van der Waals surface area (Å²) in [6.45, 7) is 4.40. The highest BCUT2D eigenvalue weighted by molar-refractivity contribution is 9.10. The second-order valence-electron chi connectivity index (χ2n) is 6.46. The summed E-state index contributed by atoms with van der Waals surface area (Å²) in [7, 11) is 0. The standard InChI is InChI=1S/C21H22BrN3O2S2/c1-4-11-25-20(27)15-12-14(22)9-10-16(15)24-21(25)29-13(2)19(26)23-17-7-5-6-8-18(17)28-3/h5-10,12-13H,4,11H2,1-3H3,(H,23,26). The zero-order chi connectivity index (χ0) is 21.0. The third-order valence-electron chi connectivity index (χ3n) is 4.34. The molecule has 0 saturated heterocycles. The van der Waals surface area contributed by atoms with Crippen LogP contribution in [0.2, 0.25) is 0 Å². The quantitative estimate of drug-likeness (QED) is 0.353. The first kappa shape index (κ1) is 21.9. The molecule has 1 N–H and O–H groups in total. The van der Waals surface area contributed by atoms with Gasteiger partial charge < -0.3 is 5.32 Å². The van der Waals surface area contributed by atoms with Gasteiger partial charge in [-0.2, -0.15) is 0 Å². The number of hydrogen-bond donors (Lipinski definition) is 1. The number of benzene rings is 2. The Kier molecular flexibility index (Phi) is 7.43. The van der Waals surface area contributed by atoms with Crippen LogP contribution < -0.4 is 10.9 Å². The van der Waals surface area contributed by atoms with Crippen LogP contribution in [0.15, 0.2) is 61.8 Å². The Morgan fingerprint density at radius 2 is 2.03 bits per heavy atom. The van der Waals surface area contributed by atoms with E-state index < -0.39 is 5.25 Å². The molecule has 5 nitrogen and oxygen atoms in total. The van der Waals surface area contributed by atoms with E-state index in [1.54, 1.807) is 22.4 Å². The van der Waals surface area contributed by atoms with Crippen LogP contribution in [-0.4, -0.2) is 27.0 Å². The number of halogens is 1. The molecule has 3 rings (SSSR count). The third kappa shape index (κ3) is 5.05. The van der Waals surface area contributed by atoms with Crippen LogP contribution in [0.25, 0.3) is 10.9 Å². The van der Waals surface area contributed by atoms with Crippen LogP contribution >= 0.6 is 39.5 Å². The van der Waals surface area contributed by atoms with E-state index in [0.29, 0.717) is 22.6 Å². The van der Waals surface area contributed by atoms with Crippen LogP contribution in [0.5, 0.6) is 0 Å². The number of amides is 1. The van der Waals surface area contributed by atoms with Gasteiger partial charge in [-0.25, -0.2) is 4.98 Å². The number of fused-ring (bicyclic) bond motifs is 1. The fraction of sp³-hybridized carbons (Fsp3) is 0.286. The molecule has 29 heavy (non-hydrogen) atoms. The number of carbonyl (C=O) groups excluding carboxylic acids is 1. The van der Waals surface area contributed by atoms with E-state index in [2.05, 4.69) is 26.2 Å². The minimum atomic E-state index is -0.409. The summed E-state index contributed by atoms with van der Waals surface area (Å²) in [5.74, 6) is -0.121. The van der Waals surface area contributed by atoms with E-state index >= 15 is 0 Å². The van der Waals surface area contributed by atoms with Crippen LogP contribution in [0.4, 0.5) is 5.69 Å². The number of nitrogens with zero attached hydrogens (tertiary/aromatic N) is 2. The number of carbonyl (C=O) groups is 1. The molecule has 1 unspecified atom stereocenters. The largest absolute Gasteiger partial charge is 0.324 e. The lowest BCUT2D eigenvalue weighted by atomic mass is 10.2. The monoisotopic (exact) mass is 491 g/mol. The smallest absolute Gasteiger partial charge is 0.262 e. The highest BCUT2D eigenvalue weighted by atomic mass is 79.9. The van der Waals surface area contributed by atoms with Crippen LogP contribution in [0, 0.1) is 0 Å². The molecule has 1 amide bonds. The predicted octanol–water partition coefficient (Wildman–Crippen LogP) is 5.41. The van der Waals surface area contributed by atoms with Gasteiger partial charge in [0.15, 0.2) is 5.16 Å². The first-order valence-corrected chi connectivity index (χ1v) is 12.1. The Balaban J connectivity index is 1.90. The number of hydrogen-bond acceptors (Lipinski definition) is 5. The van der Waals surface area contributed by atoms with Crippen molar-refractivity contribution >= 4 is 62.0 Å². The molecular formula is C21H22BrN3O2S2. The lowest BCUT2D eigenvalue weighted by Gasteiger charge is -2.17. The normalized spacial score (nSPS) is 12.1. The maximum Gasteiger partial charge on any atom is 0.262 e. The van der Waals surface area contributed by atoms with Gasteiger partial charge >= 0.3 is 0 Å². The van der Waals surface area contributed by atoms with Crippen molar-refractivity contribution in [3.8, 4) is 0 Å². The molecule has 0 aliphatic carbocycles. The molecule has 0 radical (unpaired) electrons. The highest BCUT2D eigenvalue weighted by Crippen LogP contribution is 2.28. The SMILES string of the molecule is CCCn1c(SC(C)C(=O)Nc2ccccc2SC)nc2ccc(Br)cc2c1=O. The van der Waals surface area contributed by atoms with E-state index in [1.807, 2.05) is 56.5 Å². The molecule has 1 heterocycles. The lowest BCUT2D eigenvalue weighted by Crippen LogP contribution is -2.27. The summed E-state index contributed by atoms with van der Waals surface area (Å²) in [5, 5.41) is 3.72. The fourth-order valence-electron chi connectivity index (χ4n) is 2.88. The van der Waals surface area contributed by atoms with Crippen LogP contribution in [-0.2, 0) is 11.3 Å². The van der Waals surface area contributed by atoms with Gasteiger partial charge in [0, 0.05) is 15.9 Å².